The molecule has 11 nitrogen and oxygen atoms in total. The molecule has 0 saturated heterocycles. The molecule has 0 unspecified atom stereocenters. The second-order valence-corrected chi connectivity index (χ2v) is 13.2. The number of nitrogens with zero attached hydrogens (tertiary/aromatic N) is 2. The number of aryl methyl sites for hydroxylation is 1. The zero-order valence-corrected chi connectivity index (χ0v) is 24.2. The fraction of sp³-hybridized carbons (Fsp3) is 0.296. The van der Waals surface area contributed by atoms with Gasteiger partial charge in [0, 0.05) is 14.1 Å². The molecule has 0 bridgehead atoms. The van der Waals surface area contributed by atoms with Crippen LogP contribution in [-0.2, 0) is 24.8 Å². The first kappa shape index (κ1) is 29.2. The number of ether oxygens (including phenoxy) is 3. The van der Waals surface area contributed by atoms with Crippen LogP contribution in [0.15, 0.2) is 76.5 Å². The predicted molar refractivity (Wildman–Crippen MR) is 149 cm³/mol. The van der Waals surface area contributed by atoms with Crippen LogP contribution >= 0.6 is 0 Å². The van der Waals surface area contributed by atoms with Crippen LogP contribution in [0, 0.1) is 6.92 Å². The Morgan fingerprint density at radius 3 is 2.23 bits per heavy atom. The van der Waals surface area contributed by atoms with E-state index < -0.39 is 32.1 Å². The van der Waals surface area contributed by atoms with Gasteiger partial charge in [-0.3, -0.25) is 9.10 Å². The van der Waals surface area contributed by atoms with Crippen molar-refractivity contribution >= 4 is 31.6 Å². The number of anilines is 1. The van der Waals surface area contributed by atoms with Gasteiger partial charge in [-0.25, -0.2) is 21.1 Å². The average Bonchev–Trinajstić information content (AvgIpc) is 2.94. The zero-order valence-electron chi connectivity index (χ0n) is 22.5. The number of hydrogen-bond donors (Lipinski definition) is 1. The van der Waals surface area contributed by atoms with Crippen molar-refractivity contribution in [2.75, 3.05) is 45.2 Å². The van der Waals surface area contributed by atoms with Crippen molar-refractivity contribution in [3.8, 4) is 17.2 Å². The molecule has 1 aliphatic rings. The maximum atomic E-state index is 13.6. The topological polar surface area (TPSA) is 132 Å². The second-order valence-electron chi connectivity index (χ2n) is 9.19. The SMILES string of the molecule is COc1ccc(S(=O)(=O)N2C[C@H](C(=O)NCCOc3ccc(S(=O)(=O)N(C)C)cc3)Oc3ccc(C)cc32)cc1. The quantitative estimate of drug-likeness (QED) is 0.357. The van der Waals surface area contributed by atoms with E-state index in [1.165, 1.54) is 61.9 Å². The van der Waals surface area contributed by atoms with Crippen LogP contribution in [-0.4, -0.2) is 74.1 Å². The van der Waals surface area contributed by atoms with E-state index in [2.05, 4.69) is 5.32 Å². The molecule has 1 amide bonds. The lowest BCUT2D eigenvalue weighted by molar-refractivity contribution is -0.127. The van der Waals surface area contributed by atoms with Crippen LogP contribution in [0.1, 0.15) is 5.56 Å². The number of methoxy groups -OCH3 is 1. The molecule has 13 heteroatoms. The summed E-state index contributed by atoms with van der Waals surface area (Å²) in [7, 11) is -3.17. The van der Waals surface area contributed by atoms with E-state index in [0.29, 0.717) is 17.2 Å². The Labute approximate surface area is 234 Å². The Bertz CT molecular complexity index is 1570. The van der Waals surface area contributed by atoms with Gasteiger partial charge in [0.15, 0.2) is 6.10 Å². The molecule has 1 atom stereocenters. The molecule has 40 heavy (non-hydrogen) atoms. The number of benzene rings is 3. The van der Waals surface area contributed by atoms with E-state index >= 15 is 0 Å². The molecule has 1 aliphatic heterocycles. The van der Waals surface area contributed by atoms with Gasteiger partial charge in [0.05, 0.1) is 35.7 Å². The molecular weight excluding hydrogens is 558 g/mol. The molecule has 4 rings (SSSR count). The van der Waals surface area contributed by atoms with Gasteiger partial charge in [0.25, 0.3) is 15.9 Å². The maximum absolute atomic E-state index is 13.6. The maximum Gasteiger partial charge on any atom is 0.264 e. The number of fused-ring (bicyclic) bond motifs is 1. The number of nitrogens with one attached hydrogen (secondary N) is 1. The Morgan fingerprint density at radius 1 is 0.975 bits per heavy atom. The highest BCUT2D eigenvalue weighted by Crippen LogP contribution is 2.38. The molecule has 1 N–H and O–H groups in total. The molecule has 1 heterocycles. The molecule has 0 aromatic heterocycles. The van der Waals surface area contributed by atoms with Crippen LogP contribution in [0.25, 0.3) is 0 Å². The summed E-state index contributed by atoms with van der Waals surface area (Å²) in [4.78, 5) is 13.2. The lowest BCUT2D eigenvalue weighted by atomic mass is 10.1. The van der Waals surface area contributed by atoms with Gasteiger partial charge in [0.1, 0.15) is 23.9 Å². The number of amides is 1. The Hall–Kier alpha value is -3.81. The van der Waals surface area contributed by atoms with Crippen molar-refractivity contribution in [1.82, 2.24) is 9.62 Å². The van der Waals surface area contributed by atoms with Crippen molar-refractivity contribution < 1.29 is 35.8 Å². The first-order valence-corrected chi connectivity index (χ1v) is 15.2. The van der Waals surface area contributed by atoms with Crippen molar-refractivity contribution in [1.29, 1.82) is 0 Å². The van der Waals surface area contributed by atoms with Crippen LogP contribution < -0.4 is 23.8 Å². The van der Waals surface area contributed by atoms with E-state index in [4.69, 9.17) is 14.2 Å². The molecule has 0 aliphatic carbocycles. The highest BCUT2D eigenvalue weighted by Gasteiger charge is 2.37. The standard InChI is InChI=1S/C27H31N3O8S2/c1-19-5-14-25-24(17-19)30(40(34,35)23-10-6-20(36-4)7-11-23)18-26(38-25)27(31)28-15-16-37-21-8-12-22(13-9-21)39(32,33)29(2)3/h5-14,17,26H,15-16,18H2,1-4H3,(H,28,31)/t26-/m1/s1. The predicted octanol–water partition coefficient (Wildman–Crippen LogP) is 2.41. The average molecular weight is 590 g/mol. The fourth-order valence-electron chi connectivity index (χ4n) is 3.98. The molecular formula is C27H31N3O8S2. The lowest BCUT2D eigenvalue weighted by Crippen LogP contribution is -2.51. The van der Waals surface area contributed by atoms with E-state index in [1.807, 2.05) is 6.92 Å². The van der Waals surface area contributed by atoms with Crippen LogP contribution in [0.2, 0.25) is 0 Å². The highest BCUT2D eigenvalue weighted by atomic mass is 32.2. The normalized spacial score (nSPS) is 15.2. The van der Waals surface area contributed by atoms with Crippen molar-refractivity contribution in [3.05, 3.63) is 72.3 Å². The molecule has 214 valence electrons. The summed E-state index contributed by atoms with van der Waals surface area (Å²) in [6, 6.07) is 17.1. The first-order chi connectivity index (χ1) is 18.9. The van der Waals surface area contributed by atoms with Gasteiger partial charge in [0.2, 0.25) is 10.0 Å². The zero-order chi connectivity index (χ0) is 29.1. The number of hydrogen-bond acceptors (Lipinski definition) is 8. The summed E-state index contributed by atoms with van der Waals surface area (Å²) in [6.07, 6.45) is -1.10. The number of sulfonamides is 2. The van der Waals surface area contributed by atoms with Gasteiger partial charge >= 0.3 is 0 Å². The van der Waals surface area contributed by atoms with E-state index in [0.717, 1.165) is 9.87 Å². The van der Waals surface area contributed by atoms with E-state index in [1.54, 1.807) is 30.3 Å². The summed E-state index contributed by atoms with van der Waals surface area (Å²) in [5.41, 5.74) is 1.19. The number of carbonyl (C=O) groups excluding carboxylic acids is 1. The molecule has 0 fully saturated rings. The fourth-order valence-corrected chi connectivity index (χ4v) is 6.35. The minimum Gasteiger partial charge on any atom is -0.497 e. The van der Waals surface area contributed by atoms with Crippen LogP contribution in [0.3, 0.4) is 0 Å². The van der Waals surface area contributed by atoms with Gasteiger partial charge in [-0.05, 0) is 73.2 Å². The van der Waals surface area contributed by atoms with Crippen molar-refractivity contribution in [2.45, 2.75) is 22.8 Å². The van der Waals surface area contributed by atoms with Crippen LogP contribution in [0.5, 0.6) is 17.2 Å². The van der Waals surface area contributed by atoms with Crippen molar-refractivity contribution in [2.24, 2.45) is 0 Å². The van der Waals surface area contributed by atoms with Gasteiger partial charge < -0.3 is 19.5 Å². The number of carbonyl (C=O) groups is 1. The van der Waals surface area contributed by atoms with Crippen LogP contribution in [0.4, 0.5) is 5.69 Å². The summed E-state index contributed by atoms with van der Waals surface area (Å²) < 4.78 is 70.5. The van der Waals surface area contributed by atoms with E-state index in [9.17, 15) is 21.6 Å². The third-order valence-electron chi connectivity index (χ3n) is 6.20. The third-order valence-corrected chi connectivity index (χ3v) is 9.82. The van der Waals surface area contributed by atoms with E-state index in [-0.39, 0.29) is 35.2 Å². The smallest absolute Gasteiger partial charge is 0.264 e. The first-order valence-electron chi connectivity index (χ1n) is 12.3. The lowest BCUT2D eigenvalue weighted by Gasteiger charge is -2.35. The summed E-state index contributed by atoms with van der Waals surface area (Å²) >= 11 is 0. The van der Waals surface area contributed by atoms with Gasteiger partial charge in [-0.15, -0.1) is 0 Å². The molecule has 0 radical (unpaired) electrons. The van der Waals surface area contributed by atoms with Crippen molar-refractivity contribution in [3.63, 3.8) is 0 Å². The molecule has 0 spiro atoms. The Kier molecular flexibility index (Phi) is 8.57. The minimum absolute atomic E-state index is 0.0552. The molecule has 3 aromatic carbocycles. The molecule has 0 saturated carbocycles. The largest absolute Gasteiger partial charge is 0.497 e. The second kappa shape index (κ2) is 11.7. The highest BCUT2D eigenvalue weighted by molar-refractivity contribution is 7.92. The summed E-state index contributed by atoms with van der Waals surface area (Å²) in [5.74, 6) is 0.725. The monoisotopic (exact) mass is 589 g/mol. The third kappa shape index (κ3) is 6.16. The Balaban J connectivity index is 1.42. The molecule has 3 aromatic rings. The van der Waals surface area contributed by atoms with Gasteiger partial charge in [-0.2, -0.15) is 0 Å². The minimum atomic E-state index is -4.02. The summed E-state index contributed by atoms with van der Waals surface area (Å²) in [5, 5.41) is 2.71. The summed E-state index contributed by atoms with van der Waals surface area (Å²) in [6.45, 7) is 1.83. The van der Waals surface area contributed by atoms with Gasteiger partial charge in [-0.1, -0.05) is 6.07 Å². The Morgan fingerprint density at radius 2 is 1.60 bits per heavy atom. The number of rotatable bonds is 10.